The molecule has 12 heavy (non-hydrogen) atoms. The lowest BCUT2D eigenvalue weighted by molar-refractivity contribution is 0.153. The van der Waals surface area contributed by atoms with Crippen molar-refractivity contribution in [2.24, 2.45) is 11.5 Å². The third-order valence-electron chi connectivity index (χ3n) is 1.95. The molecular formula is C7H15N3O2. The van der Waals surface area contributed by atoms with Crippen LogP contribution in [0.5, 0.6) is 0 Å². The SMILES string of the molecule is NC(=O)OCCNC1CC(N)C1. The van der Waals surface area contributed by atoms with Gasteiger partial charge in [0.15, 0.2) is 0 Å². The molecule has 0 aromatic rings. The van der Waals surface area contributed by atoms with Crippen LogP contribution in [0.1, 0.15) is 12.8 Å². The number of primary amides is 1. The second-order valence-corrected chi connectivity index (χ2v) is 3.05. The fourth-order valence-corrected chi connectivity index (χ4v) is 1.24. The molecule has 5 heteroatoms. The molecule has 1 aliphatic carbocycles. The van der Waals surface area contributed by atoms with Crippen molar-refractivity contribution in [3.05, 3.63) is 0 Å². The lowest BCUT2D eigenvalue weighted by Crippen LogP contribution is -2.49. The Morgan fingerprint density at radius 2 is 2.25 bits per heavy atom. The van der Waals surface area contributed by atoms with Gasteiger partial charge in [-0.1, -0.05) is 0 Å². The molecule has 0 unspecified atom stereocenters. The van der Waals surface area contributed by atoms with E-state index in [2.05, 4.69) is 10.1 Å². The first-order chi connectivity index (χ1) is 5.68. The molecule has 0 spiro atoms. The van der Waals surface area contributed by atoms with E-state index in [0.29, 0.717) is 25.2 Å². The maximum Gasteiger partial charge on any atom is 0.404 e. The van der Waals surface area contributed by atoms with Crippen LogP contribution >= 0.6 is 0 Å². The number of nitrogens with two attached hydrogens (primary N) is 2. The van der Waals surface area contributed by atoms with Crippen molar-refractivity contribution in [2.75, 3.05) is 13.2 Å². The molecule has 5 N–H and O–H groups in total. The smallest absolute Gasteiger partial charge is 0.404 e. The normalized spacial score (nSPS) is 27.8. The molecule has 70 valence electrons. The highest BCUT2D eigenvalue weighted by Gasteiger charge is 2.24. The molecule has 0 aromatic carbocycles. The highest BCUT2D eigenvalue weighted by Crippen LogP contribution is 2.16. The van der Waals surface area contributed by atoms with Crippen molar-refractivity contribution in [1.82, 2.24) is 5.32 Å². The van der Waals surface area contributed by atoms with Gasteiger partial charge < -0.3 is 21.5 Å². The molecule has 0 aromatic heterocycles. The molecule has 0 heterocycles. The third kappa shape index (κ3) is 3.06. The number of hydrogen-bond acceptors (Lipinski definition) is 4. The second-order valence-electron chi connectivity index (χ2n) is 3.05. The van der Waals surface area contributed by atoms with Gasteiger partial charge in [-0.25, -0.2) is 4.79 Å². The number of hydrogen-bond donors (Lipinski definition) is 3. The summed E-state index contributed by atoms with van der Waals surface area (Å²) in [6.07, 6.45) is 1.30. The Bertz CT molecular complexity index is 157. The van der Waals surface area contributed by atoms with Crippen LogP contribution in [0, 0.1) is 0 Å². The van der Waals surface area contributed by atoms with Crippen LogP contribution in [0.2, 0.25) is 0 Å². The summed E-state index contributed by atoms with van der Waals surface area (Å²) in [6, 6.07) is 0.844. The molecule has 0 saturated heterocycles. The van der Waals surface area contributed by atoms with E-state index in [1.54, 1.807) is 0 Å². The standard InChI is InChI=1S/C7H15N3O2/c8-5-3-6(4-5)10-1-2-12-7(9)11/h5-6,10H,1-4,8H2,(H2,9,11). The zero-order chi connectivity index (χ0) is 8.97. The van der Waals surface area contributed by atoms with Crippen LogP contribution in [0.4, 0.5) is 4.79 Å². The highest BCUT2D eigenvalue weighted by atomic mass is 16.5. The van der Waals surface area contributed by atoms with Gasteiger partial charge in [-0.05, 0) is 12.8 Å². The first-order valence-corrected chi connectivity index (χ1v) is 4.09. The van der Waals surface area contributed by atoms with E-state index in [1.165, 1.54) is 0 Å². The van der Waals surface area contributed by atoms with E-state index in [9.17, 15) is 4.79 Å². The van der Waals surface area contributed by atoms with E-state index in [0.717, 1.165) is 12.8 Å². The molecular weight excluding hydrogens is 158 g/mol. The molecule has 0 atom stereocenters. The minimum atomic E-state index is -0.720. The monoisotopic (exact) mass is 173 g/mol. The zero-order valence-electron chi connectivity index (χ0n) is 6.95. The van der Waals surface area contributed by atoms with Crippen molar-refractivity contribution >= 4 is 6.09 Å². The minimum Gasteiger partial charge on any atom is -0.448 e. The summed E-state index contributed by atoms with van der Waals surface area (Å²) >= 11 is 0. The van der Waals surface area contributed by atoms with Crippen LogP contribution in [-0.4, -0.2) is 31.3 Å². The second kappa shape index (κ2) is 4.27. The number of carbonyl (C=O) groups is 1. The van der Waals surface area contributed by atoms with E-state index in [4.69, 9.17) is 11.5 Å². The topological polar surface area (TPSA) is 90.4 Å². The summed E-state index contributed by atoms with van der Waals surface area (Å²) < 4.78 is 4.53. The fourth-order valence-electron chi connectivity index (χ4n) is 1.24. The summed E-state index contributed by atoms with van der Waals surface area (Å²) in [6.45, 7) is 0.987. The Morgan fingerprint density at radius 1 is 1.58 bits per heavy atom. The number of ether oxygens (including phenoxy) is 1. The molecule has 1 rings (SSSR count). The average molecular weight is 173 g/mol. The van der Waals surface area contributed by atoms with Gasteiger partial charge in [0.05, 0.1) is 0 Å². The number of rotatable bonds is 4. The third-order valence-corrected chi connectivity index (χ3v) is 1.95. The van der Waals surface area contributed by atoms with Crippen LogP contribution in [-0.2, 0) is 4.74 Å². The van der Waals surface area contributed by atoms with Crippen LogP contribution < -0.4 is 16.8 Å². The van der Waals surface area contributed by atoms with E-state index in [1.807, 2.05) is 0 Å². The average Bonchev–Trinajstić information content (AvgIpc) is 1.93. The summed E-state index contributed by atoms with van der Waals surface area (Å²) in [5.74, 6) is 0. The summed E-state index contributed by atoms with van der Waals surface area (Å²) in [4.78, 5) is 10.1. The maximum atomic E-state index is 10.1. The van der Waals surface area contributed by atoms with Crippen LogP contribution in [0.25, 0.3) is 0 Å². The lowest BCUT2D eigenvalue weighted by Gasteiger charge is -2.33. The Balaban J connectivity index is 1.87. The van der Waals surface area contributed by atoms with Crippen molar-refractivity contribution in [2.45, 2.75) is 24.9 Å². The molecule has 0 bridgehead atoms. The van der Waals surface area contributed by atoms with Crippen LogP contribution in [0.15, 0.2) is 0 Å². The fraction of sp³-hybridized carbons (Fsp3) is 0.857. The lowest BCUT2D eigenvalue weighted by atomic mass is 9.88. The van der Waals surface area contributed by atoms with Gasteiger partial charge in [0.2, 0.25) is 0 Å². The molecule has 0 radical (unpaired) electrons. The van der Waals surface area contributed by atoms with Gasteiger partial charge in [0.1, 0.15) is 6.61 Å². The summed E-state index contributed by atoms with van der Waals surface area (Å²) in [7, 11) is 0. The van der Waals surface area contributed by atoms with Crippen molar-refractivity contribution in [1.29, 1.82) is 0 Å². The molecule has 1 amide bonds. The first-order valence-electron chi connectivity index (χ1n) is 4.09. The Hall–Kier alpha value is -0.810. The number of carbonyl (C=O) groups excluding carboxylic acids is 1. The van der Waals surface area contributed by atoms with E-state index >= 15 is 0 Å². The maximum absolute atomic E-state index is 10.1. The van der Waals surface area contributed by atoms with E-state index < -0.39 is 6.09 Å². The summed E-state index contributed by atoms with van der Waals surface area (Å²) in [5.41, 5.74) is 10.3. The van der Waals surface area contributed by atoms with Gasteiger partial charge in [-0.2, -0.15) is 0 Å². The van der Waals surface area contributed by atoms with Crippen molar-refractivity contribution in [3.63, 3.8) is 0 Å². The van der Waals surface area contributed by atoms with Gasteiger partial charge in [-0.3, -0.25) is 0 Å². The quantitative estimate of drug-likeness (QED) is 0.483. The van der Waals surface area contributed by atoms with Crippen LogP contribution in [0.3, 0.4) is 0 Å². The molecule has 1 fully saturated rings. The minimum absolute atomic E-state index is 0.334. The predicted molar refractivity (Wildman–Crippen MR) is 44.5 cm³/mol. The molecule has 1 aliphatic rings. The van der Waals surface area contributed by atoms with Gasteiger partial charge >= 0.3 is 6.09 Å². The van der Waals surface area contributed by atoms with Gasteiger partial charge in [0, 0.05) is 18.6 Å². The summed E-state index contributed by atoms with van der Waals surface area (Å²) in [5, 5.41) is 3.19. The molecule has 5 nitrogen and oxygen atoms in total. The van der Waals surface area contributed by atoms with Gasteiger partial charge in [0.25, 0.3) is 0 Å². The largest absolute Gasteiger partial charge is 0.448 e. The van der Waals surface area contributed by atoms with Crippen molar-refractivity contribution < 1.29 is 9.53 Å². The first kappa shape index (κ1) is 9.28. The highest BCUT2D eigenvalue weighted by molar-refractivity contribution is 5.64. The Labute approximate surface area is 71.4 Å². The van der Waals surface area contributed by atoms with Crippen molar-refractivity contribution in [3.8, 4) is 0 Å². The number of amides is 1. The van der Waals surface area contributed by atoms with Gasteiger partial charge in [-0.15, -0.1) is 0 Å². The van der Waals surface area contributed by atoms with E-state index in [-0.39, 0.29) is 0 Å². The predicted octanol–water partition coefficient (Wildman–Crippen LogP) is -0.839. The molecule has 1 saturated carbocycles. The Kier molecular flexibility index (Phi) is 3.31. The molecule has 0 aliphatic heterocycles. The zero-order valence-corrected chi connectivity index (χ0v) is 6.95. The number of nitrogens with one attached hydrogen (secondary N) is 1. The Morgan fingerprint density at radius 3 is 2.75 bits per heavy atom.